The van der Waals surface area contributed by atoms with Crippen molar-refractivity contribution in [1.82, 2.24) is 0 Å². The van der Waals surface area contributed by atoms with Crippen LogP contribution < -0.4 is 4.74 Å². The van der Waals surface area contributed by atoms with Crippen molar-refractivity contribution in [3.8, 4) is 5.75 Å². The van der Waals surface area contributed by atoms with Gasteiger partial charge in [0.2, 0.25) is 0 Å². The first-order chi connectivity index (χ1) is 9.43. The zero-order valence-corrected chi connectivity index (χ0v) is 13.0. The number of benzene rings is 1. The Morgan fingerprint density at radius 3 is 2.70 bits per heavy atom. The standard InChI is InChI=1S/C19H24O/c1-6-10-20-18-15(3)8-7-9-17(18)16-11-14(2)12-19(4,5)13-16/h6-9,11,13H,1,10,12H2,2-5H3. The molecule has 2 rings (SSSR count). The highest BCUT2D eigenvalue weighted by molar-refractivity contribution is 5.80. The molecular weight excluding hydrogens is 244 g/mol. The number of rotatable bonds is 4. The Morgan fingerprint density at radius 2 is 2.05 bits per heavy atom. The van der Waals surface area contributed by atoms with Crippen LogP contribution >= 0.6 is 0 Å². The van der Waals surface area contributed by atoms with Gasteiger partial charge in [-0.2, -0.15) is 0 Å². The van der Waals surface area contributed by atoms with Crippen LogP contribution in [0.25, 0.3) is 5.57 Å². The van der Waals surface area contributed by atoms with Crippen LogP contribution in [0.15, 0.2) is 48.6 Å². The number of allylic oxidation sites excluding steroid dienone is 4. The van der Waals surface area contributed by atoms with Crippen molar-refractivity contribution in [3.63, 3.8) is 0 Å². The fourth-order valence-electron chi connectivity index (χ4n) is 2.92. The number of ether oxygens (including phenoxy) is 1. The third-order valence-corrected chi connectivity index (χ3v) is 3.55. The van der Waals surface area contributed by atoms with Gasteiger partial charge in [-0.3, -0.25) is 0 Å². The summed E-state index contributed by atoms with van der Waals surface area (Å²) in [5, 5.41) is 0. The monoisotopic (exact) mass is 268 g/mol. The zero-order valence-electron chi connectivity index (χ0n) is 13.0. The first-order valence-electron chi connectivity index (χ1n) is 7.17. The molecule has 1 aromatic rings. The van der Waals surface area contributed by atoms with Crippen molar-refractivity contribution < 1.29 is 4.74 Å². The quantitative estimate of drug-likeness (QED) is 0.671. The van der Waals surface area contributed by atoms with E-state index in [4.69, 9.17) is 4.74 Å². The first kappa shape index (κ1) is 14.6. The van der Waals surface area contributed by atoms with E-state index in [1.807, 2.05) is 0 Å². The first-order valence-corrected chi connectivity index (χ1v) is 7.17. The minimum atomic E-state index is 0.202. The Balaban J connectivity index is 2.49. The molecule has 0 aromatic heterocycles. The molecule has 0 heterocycles. The number of hydrogen-bond donors (Lipinski definition) is 0. The van der Waals surface area contributed by atoms with Crippen LogP contribution in [0.1, 0.15) is 38.3 Å². The Kier molecular flexibility index (Phi) is 4.17. The minimum Gasteiger partial charge on any atom is -0.489 e. The predicted molar refractivity (Wildman–Crippen MR) is 87.0 cm³/mol. The van der Waals surface area contributed by atoms with Crippen LogP contribution in [0.5, 0.6) is 5.75 Å². The van der Waals surface area contributed by atoms with Crippen LogP contribution in [0.4, 0.5) is 0 Å². The van der Waals surface area contributed by atoms with E-state index < -0.39 is 0 Å². The van der Waals surface area contributed by atoms with Crippen LogP contribution in [0.2, 0.25) is 0 Å². The predicted octanol–water partition coefficient (Wildman–Crippen LogP) is 5.32. The van der Waals surface area contributed by atoms with Crippen molar-refractivity contribution in [2.45, 2.75) is 34.1 Å². The maximum Gasteiger partial charge on any atom is 0.130 e. The summed E-state index contributed by atoms with van der Waals surface area (Å²) in [4.78, 5) is 0. The van der Waals surface area contributed by atoms with Gasteiger partial charge in [-0.05, 0) is 36.8 Å². The number of hydrogen-bond acceptors (Lipinski definition) is 1. The van der Waals surface area contributed by atoms with Gasteiger partial charge in [0.15, 0.2) is 0 Å². The SMILES string of the molecule is C=CCOc1c(C)cccc1C1=CC(C)(C)CC(C)=C1. The summed E-state index contributed by atoms with van der Waals surface area (Å²) >= 11 is 0. The Morgan fingerprint density at radius 1 is 1.30 bits per heavy atom. The van der Waals surface area contributed by atoms with E-state index in [2.05, 4.69) is 64.6 Å². The van der Waals surface area contributed by atoms with E-state index in [-0.39, 0.29) is 5.41 Å². The maximum absolute atomic E-state index is 5.89. The lowest BCUT2D eigenvalue weighted by Crippen LogP contribution is -2.12. The summed E-state index contributed by atoms with van der Waals surface area (Å²) in [6.45, 7) is 13.1. The molecule has 0 saturated heterocycles. The molecule has 0 fully saturated rings. The van der Waals surface area contributed by atoms with Crippen LogP contribution in [0.3, 0.4) is 0 Å². The molecule has 0 aliphatic heterocycles. The molecule has 1 aromatic carbocycles. The van der Waals surface area contributed by atoms with Crippen molar-refractivity contribution in [1.29, 1.82) is 0 Å². The Hall–Kier alpha value is -1.76. The summed E-state index contributed by atoms with van der Waals surface area (Å²) in [5.74, 6) is 0.973. The van der Waals surface area contributed by atoms with E-state index in [0.29, 0.717) is 6.61 Å². The summed E-state index contributed by atoms with van der Waals surface area (Å²) in [6, 6.07) is 6.33. The highest BCUT2D eigenvalue weighted by Gasteiger charge is 2.22. The molecule has 0 N–H and O–H groups in total. The van der Waals surface area contributed by atoms with Gasteiger partial charge in [0.05, 0.1) is 0 Å². The normalized spacial score (nSPS) is 17.2. The van der Waals surface area contributed by atoms with Crippen molar-refractivity contribution >= 4 is 5.57 Å². The van der Waals surface area contributed by atoms with Gasteiger partial charge >= 0.3 is 0 Å². The molecule has 0 saturated carbocycles. The molecule has 0 atom stereocenters. The van der Waals surface area contributed by atoms with E-state index in [0.717, 1.165) is 12.2 Å². The van der Waals surface area contributed by atoms with Crippen LogP contribution in [-0.2, 0) is 0 Å². The summed E-state index contributed by atoms with van der Waals surface area (Å²) in [7, 11) is 0. The lowest BCUT2D eigenvalue weighted by Gasteiger charge is -2.27. The van der Waals surface area contributed by atoms with Crippen molar-refractivity contribution in [3.05, 3.63) is 59.7 Å². The molecule has 1 aliphatic rings. The lowest BCUT2D eigenvalue weighted by molar-refractivity contribution is 0.359. The summed E-state index contributed by atoms with van der Waals surface area (Å²) < 4.78 is 5.89. The van der Waals surface area contributed by atoms with E-state index >= 15 is 0 Å². The molecule has 106 valence electrons. The second-order valence-corrected chi connectivity index (χ2v) is 6.31. The third kappa shape index (κ3) is 3.22. The number of para-hydroxylation sites is 1. The fourth-order valence-corrected chi connectivity index (χ4v) is 2.92. The Labute approximate surface area is 122 Å². The van der Waals surface area contributed by atoms with Crippen molar-refractivity contribution in [2.24, 2.45) is 5.41 Å². The fraction of sp³-hybridized carbons (Fsp3) is 0.368. The molecule has 1 heteroatoms. The van der Waals surface area contributed by atoms with Gasteiger partial charge in [-0.15, -0.1) is 0 Å². The topological polar surface area (TPSA) is 9.23 Å². The molecule has 0 radical (unpaired) electrons. The molecule has 1 nitrogen and oxygen atoms in total. The highest BCUT2D eigenvalue weighted by Crippen LogP contribution is 2.39. The molecule has 0 bridgehead atoms. The van der Waals surface area contributed by atoms with E-state index in [1.54, 1.807) is 6.08 Å². The average Bonchev–Trinajstić information content (AvgIpc) is 2.34. The van der Waals surface area contributed by atoms with Gasteiger partial charge in [0, 0.05) is 5.56 Å². The molecule has 1 aliphatic carbocycles. The summed E-state index contributed by atoms with van der Waals surface area (Å²) in [6.07, 6.45) is 7.54. The van der Waals surface area contributed by atoms with Gasteiger partial charge in [0.1, 0.15) is 12.4 Å². The maximum atomic E-state index is 5.89. The smallest absolute Gasteiger partial charge is 0.130 e. The molecule has 20 heavy (non-hydrogen) atoms. The summed E-state index contributed by atoms with van der Waals surface area (Å²) in [5.41, 5.74) is 5.23. The third-order valence-electron chi connectivity index (χ3n) is 3.55. The van der Waals surface area contributed by atoms with E-state index in [9.17, 15) is 0 Å². The second kappa shape index (κ2) is 5.70. The van der Waals surface area contributed by atoms with Gasteiger partial charge in [-0.25, -0.2) is 0 Å². The average molecular weight is 268 g/mol. The zero-order chi connectivity index (χ0) is 14.8. The minimum absolute atomic E-state index is 0.202. The molecule has 0 spiro atoms. The molecule has 0 amide bonds. The van der Waals surface area contributed by atoms with Gasteiger partial charge in [0.25, 0.3) is 0 Å². The molecular formula is C19H24O. The van der Waals surface area contributed by atoms with Crippen LogP contribution in [-0.4, -0.2) is 6.61 Å². The van der Waals surface area contributed by atoms with E-state index in [1.165, 1.54) is 22.3 Å². The van der Waals surface area contributed by atoms with Crippen LogP contribution in [0, 0.1) is 12.3 Å². The van der Waals surface area contributed by atoms with Gasteiger partial charge in [-0.1, -0.05) is 62.4 Å². The highest BCUT2D eigenvalue weighted by atomic mass is 16.5. The van der Waals surface area contributed by atoms with Crippen molar-refractivity contribution in [2.75, 3.05) is 6.61 Å². The Bertz CT molecular complexity index is 573. The lowest BCUT2D eigenvalue weighted by atomic mass is 9.78. The second-order valence-electron chi connectivity index (χ2n) is 6.31. The largest absolute Gasteiger partial charge is 0.489 e. The van der Waals surface area contributed by atoms with Gasteiger partial charge < -0.3 is 4.74 Å². The number of aryl methyl sites for hydroxylation is 1. The molecule has 0 unspecified atom stereocenters.